The van der Waals surface area contributed by atoms with Crippen LogP contribution in [0.3, 0.4) is 0 Å². The summed E-state index contributed by atoms with van der Waals surface area (Å²) in [6.07, 6.45) is 1.82. The van der Waals surface area contributed by atoms with E-state index in [4.69, 9.17) is 39.2 Å². The zero-order chi connectivity index (χ0) is 19.4. The SMILES string of the molecule is CCC(CC)(NCc1nnc(-c2ccc(Cl)cc2Cl)o1)c1ccc(Cl)cc1. The zero-order valence-corrected chi connectivity index (χ0v) is 17.4. The highest BCUT2D eigenvalue weighted by Crippen LogP contribution is 2.31. The predicted molar refractivity (Wildman–Crippen MR) is 110 cm³/mol. The number of hydrogen-bond donors (Lipinski definition) is 1. The Hall–Kier alpha value is -1.59. The molecule has 0 spiro atoms. The lowest BCUT2D eigenvalue weighted by molar-refractivity contribution is 0.290. The molecule has 3 rings (SSSR count). The molecule has 1 heterocycles. The molecular weight excluding hydrogens is 405 g/mol. The Morgan fingerprint density at radius 1 is 0.926 bits per heavy atom. The third-order valence-electron chi connectivity index (χ3n) is 4.81. The molecule has 3 aromatic rings. The molecule has 0 atom stereocenters. The Labute approximate surface area is 173 Å². The first kappa shape index (κ1) is 20.2. The normalized spacial score (nSPS) is 11.7. The van der Waals surface area contributed by atoms with Gasteiger partial charge in [0, 0.05) is 15.6 Å². The van der Waals surface area contributed by atoms with Gasteiger partial charge in [0.1, 0.15) is 0 Å². The van der Waals surface area contributed by atoms with Crippen molar-refractivity contribution in [2.24, 2.45) is 0 Å². The summed E-state index contributed by atoms with van der Waals surface area (Å²) in [6.45, 7) is 4.75. The van der Waals surface area contributed by atoms with Crippen LogP contribution in [-0.2, 0) is 12.1 Å². The van der Waals surface area contributed by atoms with Gasteiger partial charge in [0.05, 0.1) is 17.1 Å². The van der Waals surface area contributed by atoms with Crippen molar-refractivity contribution in [2.75, 3.05) is 0 Å². The third-order valence-corrected chi connectivity index (χ3v) is 5.61. The first-order valence-electron chi connectivity index (χ1n) is 8.76. The smallest absolute Gasteiger partial charge is 0.249 e. The lowest BCUT2D eigenvalue weighted by Gasteiger charge is -2.33. The third kappa shape index (κ3) is 4.46. The minimum absolute atomic E-state index is 0.197. The first-order chi connectivity index (χ1) is 13.0. The quantitative estimate of drug-likeness (QED) is 0.470. The lowest BCUT2D eigenvalue weighted by Crippen LogP contribution is -2.41. The molecule has 4 nitrogen and oxygen atoms in total. The first-order valence-corrected chi connectivity index (χ1v) is 9.89. The zero-order valence-electron chi connectivity index (χ0n) is 15.1. The monoisotopic (exact) mass is 423 g/mol. The van der Waals surface area contributed by atoms with Gasteiger partial charge in [0.25, 0.3) is 0 Å². The van der Waals surface area contributed by atoms with Crippen LogP contribution < -0.4 is 5.32 Å². The molecule has 0 radical (unpaired) electrons. The molecule has 0 bridgehead atoms. The molecule has 0 saturated carbocycles. The summed E-state index contributed by atoms with van der Waals surface area (Å²) < 4.78 is 5.80. The Bertz CT molecular complexity index is 905. The van der Waals surface area contributed by atoms with E-state index in [1.54, 1.807) is 18.2 Å². The molecule has 0 aliphatic carbocycles. The molecule has 0 aliphatic heterocycles. The van der Waals surface area contributed by atoms with E-state index in [-0.39, 0.29) is 5.54 Å². The molecule has 0 aliphatic rings. The van der Waals surface area contributed by atoms with Crippen LogP contribution in [0, 0.1) is 0 Å². The highest BCUT2D eigenvalue weighted by molar-refractivity contribution is 6.36. The second-order valence-electron chi connectivity index (χ2n) is 6.27. The summed E-state index contributed by atoms with van der Waals surface area (Å²) in [4.78, 5) is 0. The summed E-state index contributed by atoms with van der Waals surface area (Å²) in [6, 6.07) is 13.1. The van der Waals surface area contributed by atoms with Gasteiger partial charge in [-0.3, -0.25) is 5.32 Å². The minimum atomic E-state index is -0.197. The molecule has 7 heteroatoms. The average Bonchev–Trinajstić information content (AvgIpc) is 3.13. The average molecular weight is 425 g/mol. The summed E-state index contributed by atoms with van der Waals surface area (Å²) >= 11 is 18.2. The number of benzene rings is 2. The van der Waals surface area contributed by atoms with Crippen molar-refractivity contribution in [3.8, 4) is 11.5 Å². The number of aromatic nitrogens is 2. The van der Waals surface area contributed by atoms with Crippen LogP contribution in [0.1, 0.15) is 38.1 Å². The van der Waals surface area contributed by atoms with Gasteiger partial charge in [-0.05, 0) is 48.7 Å². The van der Waals surface area contributed by atoms with Gasteiger partial charge in [0.15, 0.2) is 0 Å². The highest BCUT2D eigenvalue weighted by Gasteiger charge is 2.28. The number of nitrogens with zero attached hydrogens (tertiary/aromatic N) is 2. The van der Waals surface area contributed by atoms with E-state index in [1.807, 2.05) is 12.1 Å². The lowest BCUT2D eigenvalue weighted by atomic mass is 9.84. The van der Waals surface area contributed by atoms with E-state index in [9.17, 15) is 0 Å². The minimum Gasteiger partial charge on any atom is -0.419 e. The summed E-state index contributed by atoms with van der Waals surface area (Å²) in [5.41, 5.74) is 1.64. The van der Waals surface area contributed by atoms with E-state index in [0.717, 1.165) is 17.9 Å². The molecule has 1 aromatic heterocycles. The van der Waals surface area contributed by atoms with Gasteiger partial charge < -0.3 is 4.42 Å². The van der Waals surface area contributed by atoms with Crippen molar-refractivity contribution >= 4 is 34.8 Å². The standard InChI is InChI=1S/C20H20Cl3N3O/c1-3-20(4-2,13-5-7-14(21)8-6-13)24-12-18-25-26-19(27-18)16-10-9-15(22)11-17(16)23/h5-11,24H,3-4,12H2,1-2H3. The van der Waals surface area contributed by atoms with Crippen LogP contribution in [0.15, 0.2) is 46.9 Å². The fourth-order valence-corrected chi connectivity index (χ4v) is 3.74. The molecule has 142 valence electrons. The van der Waals surface area contributed by atoms with Crippen molar-refractivity contribution in [1.29, 1.82) is 0 Å². The van der Waals surface area contributed by atoms with Gasteiger partial charge in [-0.15, -0.1) is 10.2 Å². The molecule has 27 heavy (non-hydrogen) atoms. The van der Waals surface area contributed by atoms with E-state index in [1.165, 1.54) is 5.56 Å². The summed E-state index contributed by atoms with van der Waals surface area (Å²) in [7, 11) is 0. The van der Waals surface area contributed by atoms with Crippen LogP contribution in [0.5, 0.6) is 0 Å². The van der Waals surface area contributed by atoms with Crippen LogP contribution in [-0.4, -0.2) is 10.2 Å². The molecule has 0 unspecified atom stereocenters. The molecule has 0 saturated heterocycles. The number of hydrogen-bond acceptors (Lipinski definition) is 4. The Morgan fingerprint density at radius 3 is 2.22 bits per heavy atom. The van der Waals surface area contributed by atoms with E-state index in [2.05, 4.69) is 41.5 Å². The fourth-order valence-electron chi connectivity index (χ4n) is 3.12. The van der Waals surface area contributed by atoms with Crippen molar-refractivity contribution in [3.05, 3.63) is 69.0 Å². The van der Waals surface area contributed by atoms with E-state index >= 15 is 0 Å². The molecule has 0 fully saturated rings. The molecular formula is C20H20Cl3N3O. The van der Waals surface area contributed by atoms with Gasteiger partial charge in [0.2, 0.25) is 11.8 Å². The Morgan fingerprint density at radius 2 is 1.59 bits per heavy atom. The maximum atomic E-state index is 6.22. The largest absolute Gasteiger partial charge is 0.419 e. The molecule has 2 aromatic carbocycles. The van der Waals surface area contributed by atoms with Crippen molar-refractivity contribution in [2.45, 2.75) is 38.8 Å². The van der Waals surface area contributed by atoms with Crippen molar-refractivity contribution in [3.63, 3.8) is 0 Å². The van der Waals surface area contributed by atoms with E-state index in [0.29, 0.717) is 33.9 Å². The summed E-state index contributed by atoms with van der Waals surface area (Å²) in [5, 5.41) is 13.6. The Kier molecular flexibility index (Phi) is 6.43. The number of halogens is 3. The second-order valence-corrected chi connectivity index (χ2v) is 7.55. The maximum absolute atomic E-state index is 6.22. The van der Waals surface area contributed by atoms with Crippen LogP contribution in [0.4, 0.5) is 0 Å². The fraction of sp³-hybridized carbons (Fsp3) is 0.300. The topological polar surface area (TPSA) is 51.0 Å². The summed E-state index contributed by atoms with van der Waals surface area (Å²) in [5.74, 6) is 0.870. The number of nitrogens with one attached hydrogen (secondary N) is 1. The van der Waals surface area contributed by atoms with Crippen molar-refractivity contribution < 1.29 is 4.42 Å². The van der Waals surface area contributed by atoms with Gasteiger partial charge >= 0.3 is 0 Å². The van der Waals surface area contributed by atoms with Crippen LogP contribution in [0.25, 0.3) is 11.5 Å². The van der Waals surface area contributed by atoms with Crippen LogP contribution in [0.2, 0.25) is 15.1 Å². The number of rotatable bonds is 7. The highest BCUT2D eigenvalue weighted by atomic mass is 35.5. The van der Waals surface area contributed by atoms with E-state index < -0.39 is 0 Å². The van der Waals surface area contributed by atoms with Crippen molar-refractivity contribution in [1.82, 2.24) is 15.5 Å². The van der Waals surface area contributed by atoms with Crippen LogP contribution >= 0.6 is 34.8 Å². The van der Waals surface area contributed by atoms with Gasteiger partial charge in [-0.2, -0.15) is 0 Å². The Balaban J connectivity index is 1.78. The molecule has 1 N–H and O–H groups in total. The maximum Gasteiger partial charge on any atom is 0.249 e. The second kappa shape index (κ2) is 8.61. The molecule has 0 amide bonds. The predicted octanol–water partition coefficient (Wildman–Crippen LogP) is 6.50. The van der Waals surface area contributed by atoms with Gasteiger partial charge in [-0.1, -0.05) is 60.8 Å². The van der Waals surface area contributed by atoms with Gasteiger partial charge in [-0.25, -0.2) is 0 Å².